The molecule has 17 heavy (non-hydrogen) atoms. The normalized spacial score (nSPS) is 18.2. The van der Waals surface area contributed by atoms with Gasteiger partial charge in [0.15, 0.2) is 17.3 Å². The molecule has 0 amide bonds. The molecule has 0 spiro atoms. The van der Waals surface area contributed by atoms with Gasteiger partial charge in [0.1, 0.15) is 5.92 Å². The van der Waals surface area contributed by atoms with E-state index in [9.17, 15) is 14.0 Å². The Balaban J connectivity index is 2.52. The number of rotatable bonds is 2. The van der Waals surface area contributed by atoms with Crippen LogP contribution in [0.2, 0.25) is 0 Å². The summed E-state index contributed by atoms with van der Waals surface area (Å²) in [5.74, 6) is -3.54. The number of ether oxygens (including phenoxy) is 1. The minimum absolute atomic E-state index is 0.0685. The van der Waals surface area contributed by atoms with E-state index in [1.165, 1.54) is 13.2 Å². The smallest absolute Gasteiger partial charge is 0.316 e. The van der Waals surface area contributed by atoms with Gasteiger partial charge in [0.2, 0.25) is 0 Å². The molecule has 6 heteroatoms. The molecule has 1 aromatic carbocycles. The number of methoxy groups -OCH3 is 1. The third-order valence-electron chi connectivity index (χ3n) is 2.68. The number of aliphatic carboxylic acids is 1. The van der Waals surface area contributed by atoms with Crippen molar-refractivity contribution in [1.82, 2.24) is 0 Å². The molecule has 2 N–H and O–H groups in total. The highest BCUT2D eigenvalue weighted by molar-refractivity contribution is 6.13. The second kappa shape index (κ2) is 4.04. The monoisotopic (exact) mass is 239 g/mol. The first-order valence-electron chi connectivity index (χ1n) is 4.93. The van der Waals surface area contributed by atoms with Gasteiger partial charge in [-0.2, -0.15) is 0 Å². The molecule has 0 fully saturated rings. The Kier molecular flexibility index (Phi) is 2.71. The number of hydrogen-bond donors (Lipinski definition) is 2. The fourth-order valence-corrected chi connectivity index (χ4v) is 1.82. The van der Waals surface area contributed by atoms with Gasteiger partial charge in [-0.05, 0) is 12.1 Å². The molecule has 0 aromatic heterocycles. The van der Waals surface area contributed by atoms with Crippen LogP contribution in [0, 0.1) is 11.7 Å². The quantitative estimate of drug-likeness (QED) is 0.757. The number of hydrogen-bond acceptors (Lipinski definition) is 4. The first-order chi connectivity index (χ1) is 8.06. The number of carboxylic acid groups (broad SMARTS) is 1. The molecule has 1 aliphatic heterocycles. The van der Waals surface area contributed by atoms with Crippen molar-refractivity contribution in [2.75, 3.05) is 19.0 Å². The van der Waals surface area contributed by atoms with Gasteiger partial charge < -0.3 is 15.2 Å². The van der Waals surface area contributed by atoms with Crippen LogP contribution in [0.25, 0.3) is 0 Å². The van der Waals surface area contributed by atoms with E-state index < -0.39 is 23.5 Å². The van der Waals surface area contributed by atoms with Crippen molar-refractivity contribution in [1.29, 1.82) is 0 Å². The fourth-order valence-electron chi connectivity index (χ4n) is 1.82. The lowest BCUT2D eigenvalue weighted by Gasteiger charge is -2.23. The van der Waals surface area contributed by atoms with Gasteiger partial charge in [-0.25, -0.2) is 4.39 Å². The zero-order valence-electron chi connectivity index (χ0n) is 8.99. The van der Waals surface area contributed by atoms with Gasteiger partial charge in [-0.3, -0.25) is 9.59 Å². The molecule has 1 unspecified atom stereocenters. The predicted octanol–water partition coefficient (Wildman–Crippen LogP) is 1.14. The minimum Gasteiger partial charge on any atom is -0.492 e. The number of nitrogens with one attached hydrogen (secondary N) is 1. The maximum Gasteiger partial charge on any atom is 0.316 e. The van der Waals surface area contributed by atoms with Gasteiger partial charge in [0.25, 0.3) is 0 Å². The van der Waals surface area contributed by atoms with E-state index in [1.807, 2.05) is 0 Å². The third kappa shape index (κ3) is 1.71. The van der Waals surface area contributed by atoms with Gasteiger partial charge in [0.05, 0.1) is 12.8 Å². The second-order valence-corrected chi connectivity index (χ2v) is 3.64. The lowest BCUT2D eigenvalue weighted by molar-refractivity contribution is -0.139. The maximum atomic E-state index is 13.4. The van der Waals surface area contributed by atoms with Crippen LogP contribution in [0.15, 0.2) is 12.1 Å². The molecule has 2 rings (SSSR count). The van der Waals surface area contributed by atoms with E-state index in [2.05, 4.69) is 5.32 Å². The van der Waals surface area contributed by atoms with Crippen molar-refractivity contribution in [2.24, 2.45) is 5.92 Å². The lowest BCUT2D eigenvalue weighted by Crippen LogP contribution is -2.35. The average molecular weight is 239 g/mol. The van der Waals surface area contributed by atoms with Crippen molar-refractivity contribution >= 4 is 17.4 Å². The highest BCUT2D eigenvalue weighted by Gasteiger charge is 2.34. The summed E-state index contributed by atoms with van der Waals surface area (Å²) in [5.41, 5.74) is 0.358. The molecular weight excluding hydrogens is 229 g/mol. The van der Waals surface area contributed by atoms with Crippen LogP contribution in [-0.4, -0.2) is 30.5 Å². The zero-order chi connectivity index (χ0) is 12.6. The molecule has 1 atom stereocenters. The number of benzene rings is 1. The Morgan fingerprint density at radius 2 is 2.29 bits per heavy atom. The summed E-state index contributed by atoms with van der Waals surface area (Å²) in [7, 11) is 1.29. The van der Waals surface area contributed by atoms with Crippen LogP contribution in [0.4, 0.5) is 10.1 Å². The van der Waals surface area contributed by atoms with Crippen molar-refractivity contribution in [3.63, 3.8) is 0 Å². The van der Waals surface area contributed by atoms with Crippen LogP contribution in [-0.2, 0) is 4.79 Å². The molecule has 5 nitrogen and oxygen atoms in total. The molecule has 0 bridgehead atoms. The van der Waals surface area contributed by atoms with Crippen LogP contribution in [0.3, 0.4) is 0 Å². The van der Waals surface area contributed by atoms with Gasteiger partial charge >= 0.3 is 5.97 Å². The van der Waals surface area contributed by atoms with Crippen molar-refractivity contribution in [2.45, 2.75) is 0 Å². The van der Waals surface area contributed by atoms with Crippen molar-refractivity contribution < 1.29 is 23.8 Å². The fraction of sp³-hybridized carbons (Fsp3) is 0.273. The predicted molar refractivity (Wildman–Crippen MR) is 56.9 cm³/mol. The molecule has 1 aliphatic rings. The third-order valence-corrected chi connectivity index (χ3v) is 2.68. The van der Waals surface area contributed by atoms with Crippen molar-refractivity contribution in [3.8, 4) is 5.75 Å². The Morgan fingerprint density at radius 3 is 2.88 bits per heavy atom. The number of carboxylic acids is 1. The van der Waals surface area contributed by atoms with Crippen LogP contribution < -0.4 is 10.1 Å². The molecule has 0 saturated carbocycles. The van der Waals surface area contributed by atoms with E-state index >= 15 is 0 Å². The highest BCUT2D eigenvalue weighted by Crippen LogP contribution is 2.35. The van der Waals surface area contributed by atoms with E-state index in [0.717, 1.165) is 6.07 Å². The van der Waals surface area contributed by atoms with Gasteiger partial charge in [-0.1, -0.05) is 0 Å². The Morgan fingerprint density at radius 1 is 1.59 bits per heavy atom. The van der Waals surface area contributed by atoms with E-state index in [0.29, 0.717) is 0 Å². The average Bonchev–Trinajstić information content (AvgIpc) is 2.28. The number of ketones is 1. The topological polar surface area (TPSA) is 75.6 Å². The molecule has 0 saturated heterocycles. The number of carbonyl (C=O) groups is 2. The van der Waals surface area contributed by atoms with E-state index in [1.54, 1.807) is 0 Å². The number of carbonyl (C=O) groups excluding carboxylic acids is 1. The Labute approximate surface area is 96.2 Å². The van der Waals surface area contributed by atoms with Gasteiger partial charge in [-0.15, -0.1) is 0 Å². The maximum absolute atomic E-state index is 13.4. The number of anilines is 1. The second-order valence-electron chi connectivity index (χ2n) is 3.64. The largest absolute Gasteiger partial charge is 0.492 e. The molecule has 0 radical (unpaired) electrons. The molecule has 0 aliphatic carbocycles. The summed E-state index contributed by atoms with van der Waals surface area (Å²) < 4.78 is 18.2. The van der Waals surface area contributed by atoms with Gasteiger partial charge in [0, 0.05) is 12.1 Å². The summed E-state index contributed by atoms with van der Waals surface area (Å²) in [5, 5.41) is 11.6. The minimum atomic E-state index is -1.20. The molecular formula is C11H10FNO4. The number of Topliss-reactive ketones (excluding diaryl/α,β-unsaturated/α-hetero) is 1. The first kappa shape index (κ1) is 11.4. The zero-order valence-corrected chi connectivity index (χ0v) is 8.99. The summed E-state index contributed by atoms with van der Waals surface area (Å²) >= 11 is 0. The summed E-state index contributed by atoms with van der Waals surface area (Å²) in [4.78, 5) is 22.7. The summed E-state index contributed by atoms with van der Waals surface area (Å²) in [6, 6.07) is 2.35. The van der Waals surface area contributed by atoms with Crippen LogP contribution >= 0.6 is 0 Å². The van der Waals surface area contributed by atoms with E-state index in [4.69, 9.17) is 9.84 Å². The highest BCUT2D eigenvalue weighted by atomic mass is 19.1. The number of fused-ring (bicyclic) bond motifs is 1. The SMILES string of the molecule is COc1c(F)ccc2c1NCC(C(=O)O)C2=O. The van der Waals surface area contributed by atoms with E-state index in [-0.39, 0.29) is 23.5 Å². The summed E-state index contributed by atoms with van der Waals surface area (Å²) in [6.07, 6.45) is 0. The van der Waals surface area contributed by atoms with Crippen LogP contribution in [0.1, 0.15) is 10.4 Å². The standard InChI is InChI=1S/C11H10FNO4/c1-17-10-7(12)3-2-5-8(10)13-4-6(9(5)14)11(15)16/h2-3,6,13H,4H2,1H3,(H,15,16). The summed E-state index contributed by atoms with van der Waals surface area (Å²) in [6.45, 7) is -0.0685. The molecule has 1 heterocycles. The molecule has 90 valence electrons. The Bertz CT molecular complexity index is 500. The molecule has 1 aromatic rings. The first-order valence-corrected chi connectivity index (χ1v) is 4.93. The number of halogens is 1. The Hall–Kier alpha value is -2.11. The van der Waals surface area contributed by atoms with Crippen LogP contribution in [0.5, 0.6) is 5.75 Å². The lowest BCUT2D eigenvalue weighted by atomic mass is 9.92. The van der Waals surface area contributed by atoms with Crippen molar-refractivity contribution in [3.05, 3.63) is 23.5 Å².